The molecule has 98 valence electrons. The van der Waals surface area contributed by atoms with Crippen molar-refractivity contribution in [2.24, 2.45) is 7.05 Å². The lowest BCUT2D eigenvalue weighted by Crippen LogP contribution is -2.50. The fourth-order valence-electron chi connectivity index (χ4n) is 2.26. The molecule has 2 aromatic rings. The molecule has 0 radical (unpaired) electrons. The average molecular weight is 323 g/mol. The summed E-state index contributed by atoms with van der Waals surface area (Å²) in [6, 6.07) is 5.30. The van der Waals surface area contributed by atoms with Gasteiger partial charge in [0, 0.05) is 29.9 Å². The first-order chi connectivity index (χ1) is 9.08. The van der Waals surface area contributed by atoms with Gasteiger partial charge in [0.1, 0.15) is 11.3 Å². The van der Waals surface area contributed by atoms with Gasteiger partial charge >= 0.3 is 6.03 Å². The Kier molecular flexibility index (Phi) is 2.78. The van der Waals surface area contributed by atoms with Crippen LogP contribution in [0.5, 0.6) is 0 Å². The molecule has 0 spiro atoms. The number of carbonyl (C=O) groups excluding carboxylic acids is 2. The molecule has 1 aliphatic rings. The Morgan fingerprint density at radius 3 is 2.89 bits per heavy atom. The summed E-state index contributed by atoms with van der Waals surface area (Å²) in [5, 5.41) is 7.60. The number of urea groups is 1. The number of benzene rings is 1. The fourth-order valence-corrected chi connectivity index (χ4v) is 2.70. The number of carbonyl (C=O) groups is 2. The quantitative estimate of drug-likeness (QED) is 0.870. The van der Waals surface area contributed by atoms with Gasteiger partial charge in [-0.25, -0.2) is 4.79 Å². The van der Waals surface area contributed by atoms with E-state index < -0.39 is 6.03 Å². The number of nitrogens with zero attached hydrogens (tertiary/aromatic N) is 3. The van der Waals surface area contributed by atoms with Gasteiger partial charge in [0.2, 0.25) is 5.91 Å². The lowest BCUT2D eigenvalue weighted by atomic mass is 10.2. The zero-order chi connectivity index (χ0) is 13.6. The van der Waals surface area contributed by atoms with E-state index in [0.717, 1.165) is 15.4 Å². The van der Waals surface area contributed by atoms with Crippen molar-refractivity contribution in [1.29, 1.82) is 0 Å². The molecule has 2 heterocycles. The molecule has 0 saturated carbocycles. The average Bonchev–Trinajstić information content (AvgIpc) is 2.68. The molecule has 0 unspecified atom stereocenters. The summed E-state index contributed by atoms with van der Waals surface area (Å²) in [6.45, 7) is 0.367. The highest BCUT2D eigenvalue weighted by Crippen LogP contribution is 2.31. The Labute approximate surface area is 117 Å². The van der Waals surface area contributed by atoms with Crippen LogP contribution in [0.1, 0.15) is 6.42 Å². The minimum absolute atomic E-state index is 0.242. The van der Waals surface area contributed by atoms with Gasteiger partial charge in [-0.3, -0.25) is 19.7 Å². The van der Waals surface area contributed by atoms with Gasteiger partial charge < -0.3 is 0 Å². The number of nitrogens with one attached hydrogen (secondary N) is 1. The number of aryl methyl sites for hydroxylation is 1. The molecule has 19 heavy (non-hydrogen) atoms. The molecule has 0 aliphatic carbocycles. The summed E-state index contributed by atoms with van der Waals surface area (Å²) >= 11 is 3.44. The third-order valence-corrected chi connectivity index (χ3v) is 3.73. The van der Waals surface area contributed by atoms with Crippen LogP contribution in [0.15, 0.2) is 22.7 Å². The molecule has 1 fully saturated rings. The standard InChI is InChI=1S/C12H11BrN4O2/c1-16-11(17-6-5-9(18)14-12(17)19)7-3-2-4-8(13)10(7)15-16/h2-4H,5-6H2,1H3,(H,14,18,19). The minimum atomic E-state index is -0.402. The van der Waals surface area contributed by atoms with Crippen molar-refractivity contribution in [3.63, 3.8) is 0 Å². The third-order valence-electron chi connectivity index (χ3n) is 3.09. The SMILES string of the molecule is Cn1nc2c(Br)cccc2c1N1CCC(=O)NC1=O. The summed E-state index contributed by atoms with van der Waals surface area (Å²) in [5.41, 5.74) is 0.796. The van der Waals surface area contributed by atoms with Crippen LogP contribution in [-0.2, 0) is 11.8 Å². The molecule has 3 amide bonds. The van der Waals surface area contributed by atoms with Crippen molar-refractivity contribution < 1.29 is 9.59 Å². The summed E-state index contributed by atoms with van der Waals surface area (Å²) < 4.78 is 2.53. The lowest BCUT2D eigenvalue weighted by molar-refractivity contribution is -0.120. The van der Waals surface area contributed by atoms with Gasteiger partial charge in [0.15, 0.2) is 0 Å². The highest BCUT2D eigenvalue weighted by atomic mass is 79.9. The number of rotatable bonds is 1. The molecule has 1 aliphatic heterocycles. The van der Waals surface area contributed by atoms with Crippen LogP contribution >= 0.6 is 15.9 Å². The summed E-state index contributed by atoms with van der Waals surface area (Å²) in [7, 11) is 1.78. The second-order valence-electron chi connectivity index (χ2n) is 4.34. The van der Waals surface area contributed by atoms with Crippen LogP contribution in [0.4, 0.5) is 10.6 Å². The molecule has 0 bridgehead atoms. The predicted octanol–water partition coefficient (Wildman–Crippen LogP) is 1.78. The van der Waals surface area contributed by atoms with E-state index in [1.54, 1.807) is 16.6 Å². The maximum absolute atomic E-state index is 11.9. The minimum Gasteiger partial charge on any atom is -0.278 e. The van der Waals surface area contributed by atoms with Crippen LogP contribution in [0.25, 0.3) is 10.9 Å². The van der Waals surface area contributed by atoms with Crippen LogP contribution in [0, 0.1) is 0 Å². The Morgan fingerprint density at radius 2 is 2.16 bits per heavy atom. The molecule has 1 aromatic carbocycles. The first kappa shape index (κ1) is 12.2. The Morgan fingerprint density at radius 1 is 1.37 bits per heavy atom. The first-order valence-corrected chi connectivity index (χ1v) is 6.60. The number of halogens is 1. The predicted molar refractivity (Wildman–Crippen MR) is 73.9 cm³/mol. The normalized spacial score (nSPS) is 16.0. The van der Waals surface area contributed by atoms with Crippen LogP contribution in [0.2, 0.25) is 0 Å². The summed E-state index contributed by atoms with van der Waals surface area (Å²) in [6.07, 6.45) is 0.298. The second-order valence-corrected chi connectivity index (χ2v) is 5.19. The van der Waals surface area contributed by atoms with Crippen molar-refractivity contribution in [2.45, 2.75) is 6.42 Å². The number of imide groups is 1. The number of fused-ring (bicyclic) bond motifs is 1. The Hall–Kier alpha value is -1.89. The molecular weight excluding hydrogens is 312 g/mol. The molecule has 0 atom stereocenters. The molecule has 1 N–H and O–H groups in total. The smallest absolute Gasteiger partial charge is 0.278 e. The van der Waals surface area contributed by atoms with Gasteiger partial charge in [-0.2, -0.15) is 5.10 Å². The van der Waals surface area contributed by atoms with E-state index in [2.05, 4.69) is 26.3 Å². The second kappa shape index (κ2) is 4.34. The monoisotopic (exact) mass is 322 g/mol. The van der Waals surface area contributed by atoms with Crippen LogP contribution in [-0.4, -0.2) is 28.3 Å². The first-order valence-electron chi connectivity index (χ1n) is 5.80. The van der Waals surface area contributed by atoms with Gasteiger partial charge in [-0.05, 0) is 28.1 Å². The topological polar surface area (TPSA) is 67.2 Å². The Balaban J connectivity index is 2.15. The van der Waals surface area contributed by atoms with E-state index in [1.807, 2.05) is 18.2 Å². The Bertz CT molecular complexity index is 694. The number of hydrogen-bond acceptors (Lipinski definition) is 3. The fraction of sp³-hybridized carbons (Fsp3) is 0.250. The molecule has 1 aromatic heterocycles. The number of aromatic nitrogens is 2. The van der Waals surface area contributed by atoms with E-state index >= 15 is 0 Å². The highest BCUT2D eigenvalue weighted by molar-refractivity contribution is 9.10. The zero-order valence-electron chi connectivity index (χ0n) is 10.2. The van der Waals surface area contributed by atoms with E-state index in [0.29, 0.717) is 18.8 Å². The van der Waals surface area contributed by atoms with Crippen molar-refractivity contribution in [3.8, 4) is 0 Å². The molecule has 1 saturated heterocycles. The van der Waals surface area contributed by atoms with Crippen LogP contribution < -0.4 is 10.2 Å². The van der Waals surface area contributed by atoms with Gasteiger partial charge in [0.05, 0.1) is 0 Å². The van der Waals surface area contributed by atoms with E-state index in [4.69, 9.17) is 0 Å². The maximum atomic E-state index is 11.9. The summed E-state index contributed by atoms with van der Waals surface area (Å²) in [5.74, 6) is 0.454. The molecular formula is C12H11BrN4O2. The van der Waals surface area contributed by atoms with Gasteiger partial charge in [-0.1, -0.05) is 6.07 Å². The number of anilines is 1. The van der Waals surface area contributed by atoms with Crippen molar-refractivity contribution in [2.75, 3.05) is 11.4 Å². The largest absolute Gasteiger partial charge is 0.329 e. The maximum Gasteiger partial charge on any atom is 0.329 e. The van der Waals surface area contributed by atoms with E-state index in [1.165, 1.54) is 0 Å². The molecule has 6 nitrogen and oxygen atoms in total. The van der Waals surface area contributed by atoms with Crippen molar-refractivity contribution in [3.05, 3.63) is 22.7 Å². The number of hydrogen-bond donors (Lipinski definition) is 1. The van der Waals surface area contributed by atoms with Crippen LogP contribution in [0.3, 0.4) is 0 Å². The zero-order valence-corrected chi connectivity index (χ0v) is 11.8. The van der Waals surface area contributed by atoms with E-state index in [9.17, 15) is 9.59 Å². The summed E-state index contributed by atoms with van der Waals surface area (Å²) in [4.78, 5) is 24.7. The highest BCUT2D eigenvalue weighted by Gasteiger charge is 2.28. The third kappa shape index (κ3) is 1.90. The van der Waals surface area contributed by atoms with E-state index in [-0.39, 0.29) is 5.91 Å². The lowest BCUT2D eigenvalue weighted by Gasteiger charge is -2.26. The van der Waals surface area contributed by atoms with Gasteiger partial charge in [-0.15, -0.1) is 0 Å². The number of amides is 3. The van der Waals surface area contributed by atoms with Crippen molar-refractivity contribution in [1.82, 2.24) is 15.1 Å². The van der Waals surface area contributed by atoms with Gasteiger partial charge in [0.25, 0.3) is 0 Å². The molecule has 7 heteroatoms. The molecule has 3 rings (SSSR count). The van der Waals surface area contributed by atoms with Crippen molar-refractivity contribution >= 4 is 44.6 Å².